The molecule has 106 valence electrons. The van der Waals surface area contributed by atoms with Crippen molar-refractivity contribution >= 4 is 6.09 Å². The molecule has 3 atom stereocenters. The number of hydrogen-bond acceptors (Lipinski definition) is 3. The average molecular weight is 264 g/mol. The summed E-state index contributed by atoms with van der Waals surface area (Å²) in [5, 5.41) is 0. The molecule has 2 aliphatic rings. The second kappa shape index (κ2) is 5.05. The Bertz CT molecular complexity index is 394. The van der Waals surface area contributed by atoms with Gasteiger partial charge in [-0.05, 0) is 40.0 Å². The second-order valence-corrected chi connectivity index (χ2v) is 6.67. The van der Waals surface area contributed by atoms with Crippen molar-refractivity contribution in [1.29, 1.82) is 0 Å². The number of terminal acetylenes is 1. The summed E-state index contributed by atoms with van der Waals surface area (Å²) in [5.41, 5.74) is -0.430. The van der Waals surface area contributed by atoms with E-state index in [1.54, 1.807) is 0 Å². The summed E-state index contributed by atoms with van der Waals surface area (Å²) in [5.74, 6) is 3.26. The minimum atomic E-state index is -0.430. The molecule has 2 heterocycles. The Hall–Kier alpha value is -1.21. The molecule has 2 aliphatic heterocycles. The Labute approximate surface area is 116 Å². The topological polar surface area (TPSA) is 32.8 Å². The van der Waals surface area contributed by atoms with E-state index in [4.69, 9.17) is 11.2 Å². The highest BCUT2D eigenvalue weighted by molar-refractivity contribution is 5.68. The van der Waals surface area contributed by atoms with Crippen LogP contribution in [-0.4, -0.2) is 53.2 Å². The smallest absolute Gasteiger partial charge is 0.410 e. The van der Waals surface area contributed by atoms with Gasteiger partial charge in [-0.3, -0.25) is 4.90 Å². The predicted molar refractivity (Wildman–Crippen MR) is 74.7 cm³/mol. The van der Waals surface area contributed by atoms with Crippen LogP contribution >= 0.6 is 0 Å². The van der Waals surface area contributed by atoms with Crippen LogP contribution in [0.2, 0.25) is 0 Å². The molecule has 3 unspecified atom stereocenters. The van der Waals surface area contributed by atoms with Crippen LogP contribution in [0.4, 0.5) is 4.79 Å². The Morgan fingerprint density at radius 1 is 1.42 bits per heavy atom. The van der Waals surface area contributed by atoms with E-state index in [2.05, 4.69) is 17.7 Å². The van der Waals surface area contributed by atoms with Crippen molar-refractivity contribution in [3.05, 3.63) is 0 Å². The molecule has 1 amide bonds. The van der Waals surface area contributed by atoms with Crippen LogP contribution in [0.1, 0.15) is 34.1 Å². The lowest BCUT2D eigenvalue weighted by Gasteiger charge is -2.28. The number of hydrogen-bond donors (Lipinski definition) is 0. The molecular weight excluding hydrogens is 240 g/mol. The van der Waals surface area contributed by atoms with Crippen molar-refractivity contribution in [1.82, 2.24) is 9.80 Å². The highest BCUT2D eigenvalue weighted by atomic mass is 16.6. The van der Waals surface area contributed by atoms with Gasteiger partial charge in [-0.1, -0.05) is 5.92 Å². The number of nitrogens with zero attached hydrogens (tertiary/aromatic N) is 2. The first kappa shape index (κ1) is 14.2. The van der Waals surface area contributed by atoms with Gasteiger partial charge < -0.3 is 9.64 Å². The molecule has 2 rings (SSSR count). The quantitative estimate of drug-likeness (QED) is 0.679. The maximum atomic E-state index is 12.1. The summed E-state index contributed by atoms with van der Waals surface area (Å²) in [4.78, 5) is 16.3. The molecule has 2 saturated heterocycles. The van der Waals surface area contributed by atoms with Gasteiger partial charge in [-0.2, -0.15) is 0 Å². The van der Waals surface area contributed by atoms with E-state index in [-0.39, 0.29) is 6.09 Å². The Balaban J connectivity index is 1.98. The number of ether oxygens (including phenoxy) is 1. The maximum absolute atomic E-state index is 12.1. The van der Waals surface area contributed by atoms with Crippen LogP contribution in [0, 0.1) is 18.3 Å². The van der Waals surface area contributed by atoms with E-state index in [1.807, 2.05) is 25.7 Å². The van der Waals surface area contributed by atoms with Crippen LogP contribution in [0.15, 0.2) is 0 Å². The highest BCUT2D eigenvalue weighted by Gasteiger charge is 2.46. The van der Waals surface area contributed by atoms with E-state index in [9.17, 15) is 4.79 Å². The molecule has 2 fully saturated rings. The fourth-order valence-electron chi connectivity index (χ4n) is 3.22. The minimum absolute atomic E-state index is 0.199. The normalized spacial score (nSPS) is 31.1. The van der Waals surface area contributed by atoms with Crippen LogP contribution in [0.25, 0.3) is 0 Å². The lowest BCUT2D eigenvalue weighted by atomic mass is 10.0. The van der Waals surface area contributed by atoms with Crippen molar-refractivity contribution in [3.8, 4) is 12.3 Å². The molecular formula is C15H24N2O2. The fraction of sp³-hybridized carbons (Fsp3) is 0.800. The molecule has 0 bridgehead atoms. The van der Waals surface area contributed by atoms with E-state index >= 15 is 0 Å². The molecule has 0 saturated carbocycles. The van der Waals surface area contributed by atoms with Gasteiger partial charge in [0.05, 0.1) is 6.54 Å². The number of carbonyl (C=O) groups excluding carboxylic acids is 1. The Morgan fingerprint density at radius 3 is 2.68 bits per heavy atom. The Kier molecular flexibility index (Phi) is 3.78. The number of fused-ring (bicyclic) bond motifs is 1. The lowest BCUT2D eigenvalue weighted by molar-refractivity contribution is 0.0268. The summed E-state index contributed by atoms with van der Waals surface area (Å²) in [6, 6.07) is 0.922. The predicted octanol–water partition coefficient (Wildman–Crippen LogP) is 1.95. The van der Waals surface area contributed by atoms with Gasteiger partial charge in [0.25, 0.3) is 0 Å². The van der Waals surface area contributed by atoms with E-state index in [1.165, 1.54) is 0 Å². The van der Waals surface area contributed by atoms with Crippen LogP contribution in [-0.2, 0) is 4.74 Å². The number of rotatable bonds is 1. The molecule has 0 N–H and O–H groups in total. The van der Waals surface area contributed by atoms with Crippen molar-refractivity contribution in [2.75, 3.05) is 19.6 Å². The third kappa shape index (κ3) is 3.03. The third-order valence-corrected chi connectivity index (χ3v) is 3.97. The van der Waals surface area contributed by atoms with Gasteiger partial charge in [-0.25, -0.2) is 4.79 Å². The standard InChI is InChI=1S/C15H24N2O2/c1-6-7-17-11(2)8-12-9-16(10-13(12)17)14(18)19-15(3,4)5/h1,11-13H,7-10H2,2-5H3. The van der Waals surface area contributed by atoms with E-state index in [0.29, 0.717) is 24.5 Å². The molecule has 0 aromatic heterocycles. The summed E-state index contributed by atoms with van der Waals surface area (Å²) >= 11 is 0. The molecule has 0 aliphatic carbocycles. The first-order valence-electron chi connectivity index (χ1n) is 6.99. The van der Waals surface area contributed by atoms with Crippen LogP contribution < -0.4 is 0 Å². The summed E-state index contributed by atoms with van der Waals surface area (Å²) in [6.07, 6.45) is 6.35. The average Bonchev–Trinajstić information content (AvgIpc) is 2.77. The zero-order chi connectivity index (χ0) is 14.2. The zero-order valence-corrected chi connectivity index (χ0v) is 12.3. The van der Waals surface area contributed by atoms with Gasteiger partial charge in [0.1, 0.15) is 5.60 Å². The van der Waals surface area contributed by atoms with Crippen LogP contribution in [0.5, 0.6) is 0 Å². The van der Waals surface area contributed by atoms with Gasteiger partial charge in [0, 0.05) is 25.2 Å². The van der Waals surface area contributed by atoms with Crippen molar-refractivity contribution in [2.24, 2.45) is 5.92 Å². The van der Waals surface area contributed by atoms with Crippen molar-refractivity contribution in [2.45, 2.75) is 51.8 Å². The SMILES string of the molecule is C#CCN1C(C)CC2CN(C(=O)OC(C)(C)C)CC21. The third-order valence-electron chi connectivity index (χ3n) is 3.97. The molecule has 0 aromatic rings. The first-order valence-corrected chi connectivity index (χ1v) is 6.99. The zero-order valence-electron chi connectivity index (χ0n) is 12.3. The van der Waals surface area contributed by atoms with E-state index < -0.39 is 5.60 Å². The summed E-state index contributed by atoms with van der Waals surface area (Å²) in [7, 11) is 0. The Morgan fingerprint density at radius 2 is 2.11 bits per heavy atom. The van der Waals surface area contributed by atoms with E-state index in [0.717, 1.165) is 19.5 Å². The monoisotopic (exact) mass is 264 g/mol. The second-order valence-electron chi connectivity index (χ2n) is 6.67. The lowest BCUT2D eigenvalue weighted by Crippen LogP contribution is -2.41. The molecule has 0 aromatic carbocycles. The molecule has 0 spiro atoms. The van der Waals surface area contributed by atoms with Gasteiger partial charge >= 0.3 is 6.09 Å². The molecule has 4 nitrogen and oxygen atoms in total. The molecule has 0 radical (unpaired) electrons. The largest absolute Gasteiger partial charge is 0.444 e. The number of carbonyl (C=O) groups is 1. The summed E-state index contributed by atoms with van der Waals surface area (Å²) in [6.45, 7) is 10.1. The molecule has 19 heavy (non-hydrogen) atoms. The van der Waals surface area contributed by atoms with Crippen molar-refractivity contribution in [3.63, 3.8) is 0 Å². The minimum Gasteiger partial charge on any atom is -0.444 e. The number of likely N-dealkylation sites (tertiary alicyclic amines) is 2. The van der Waals surface area contributed by atoms with Gasteiger partial charge in [-0.15, -0.1) is 6.42 Å². The van der Waals surface area contributed by atoms with Crippen molar-refractivity contribution < 1.29 is 9.53 Å². The van der Waals surface area contributed by atoms with Crippen LogP contribution in [0.3, 0.4) is 0 Å². The molecule has 4 heteroatoms. The van der Waals surface area contributed by atoms with Gasteiger partial charge in [0.15, 0.2) is 0 Å². The first-order chi connectivity index (χ1) is 8.81. The maximum Gasteiger partial charge on any atom is 0.410 e. The fourth-order valence-corrected chi connectivity index (χ4v) is 3.22. The summed E-state index contributed by atoms with van der Waals surface area (Å²) < 4.78 is 5.44. The number of amides is 1. The highest BCUT2D eigenvalue weighted by Crippen LogP contribution is 2.35. The van der Waals surface area contributed by atoms with Gasteiger partial charge in [0.2, 0.25) is 0 Å².